The molecule has 2 aromatic carbocycles. The topological polar surface area (TPSA) is 102 Å². The Kier molecular flexibility index (Phi) is 6.46. The molecule has 1 aliphatic rings. The van der Waals surface area contributed by atoms with E-state index in [2.05, 4.69) is 15.6 Å². The van der Waals surface area contributed by atoms with Gasteiger partial charge in [-0.15, -0.1) is 0 Å². The molecule has 0 radical (unpaired) electrons. The van der Waals surface area contributed by atoms with Gasteiger partial charge in [0, 0.05) is 41.8 Å². The van der Waals surface area contributed by atoms with E-state index in [4.69, 9.17) is 4.74 Å². The molecule has 0 spiro atoms. The highest BCUT2D eigenvalue weighted by molar-refractivity contribution is 6.04. The number of nitrogens with zero attached hydrogens (tertiary/aromatic N) is 2. The fourth-order valence-electron chi connectivity index (χ4n) is 3.58. The van der Waals surface area contributed by atoms with Crippen molar-refractivity contribution in [3.63, 3.8) is 0 Å². The molecule has 2 amide bonds. The molecule has 0 unspecified atom stereocenters. The van der Waals surface area contributed by atoms with Crippen LogP contribution in [0.1, 0.15) is 23.2 Å². The third-order valence-electron chi connectivity index (χ3n) is 5.65. The molecule has 0 bridgehead atoms. The number of aromatic nitrogens is 2. The van der Waals surface area contributed by atoms with E-state index in [0.29, 0.717) is 11.5 Å². The first-order chi connectivity index (χ1) is 17.9. The number of anilines is 2. The Labute approximate surface area is 209 Å². The van der Waals surface area contributed by atoms with Gasteiger partial charge in [-0.3, -0.25) is 19.0 Å². The van der Waals surface area contributed by atoms with Crippen molar-refractivity contribution >= 4 is 23.3 Å². The van der Waals surface area contributed by atoms with Crippen LogP contribution in [0, 0.1) is 17.6 Å². The third-order valence-corrected chi connectivity index (χ3v) is 5.65. The van der Waals surface area contributed by atoms with E-state index >= 15 is 0 Å². The Bertz CT molecular complexity index is 1550. The van der Waals surface area contributed by atoms with Crippen LogP contribution in [0.3, 0.4) is 0 Å². The smallest absolute Gasteiger partial charge is 0.267 e. The zero-order chi connectivity index (χ0) is 25.9. The number of halogens is 2. The average Bonchev–Trinajstić information content (AvgIpc) is 3.73. The summed E-state index contributed by atoms with van der Waals surface area (Å²) in [4.78, 5) is 41.6. The monoisotopic (exact) mass is 502 g/mol. The molecule has 2 N–H and O–H groups in total. The van der Waals surface area contributed by atoms with Crippen molar-refractivity contribution in [3.8, 4) is 17.2 Å². The predicted molar refractivity (Wildman–Crippen MR) is 132 cm³/mol. The number of hydrogen-bond acceptors (Lipinski definition) is 5. The molecule has 4 aromatic rings. The van der Waals surface area contributed by atoms with Crippen molar-refractivity contribution in [2.24, 2.45) is 5.92 Å². The zero-order valence-corrected chi connectivity index (χ0v) is 19.3. The Hall–Kier alpha value is -4.86. The predicted octanol–water partition coefficient (Wildman–Crippen LogP) is 4.90. The maximum Gasteiger partial charge on any atom is 0.267 e. The summed E-state index contributed by atoms with van der Waals surface area (Å²) in [5.41, 5.74) is -0.294. The lowest BCUT2D eigenvalue weighted by Gasteiger charge is -2.11. The number of ether oxygens (including phenoxy) is 1. The van der Waals surface area contributed by atoms with Gasteiger partial charge in [-0.25, -0.2) is 13.8 Å². The van der Waals surface area contributed by atoms with E-state index in [9.17, 15) is 23.2 Å². The minimum Gasteiger partial charge on any atom is -0.454 e. The maximum absolute atomic E-state index is 14.8. The molecule has 186 valence electrons. The molecule has 1 saturated carbocycles. The molecule has 10 heteroatoms. The molecular formula is C27H20F2N4O4. The highest BCUT2D eigenvalue weighted by Crippen LogP contribution is 2.31. The molecule has 0 saturated heterocycles. The Balaban J connectivity index is 1.29. The van der Waals surface area contributed by atoms with Gasteiger partial charge in [-0.1, -0.05) is 0 Å². The highest BCUT2D eigenvalue weighted by Gasteiger charge is 2.29. The van der Waals surface area contributed by atoms with Crippen LogP contribution in [0.15, 0.2) is 83.9 Å². The maximum atomic E-state index is 14.8. The van der Waals surface area contributed by atoms with E-state index in [1.807, 2.05) is 0 Å². The van der Waals surface area contributed by atoms with Gasteiger partial charge >= 0.3 is 0 Å². The van der Waals surface area contributed by atoms with Crippen LogP contribution in [-0.4, -0.2) is 21.4 Å². The standard InChI is InChI=1S/C27H20F2N4O4/c28-17-5-8-19(9-6-17)33-13-1-2-21(27(33)36)26(35)31-18-7-10-23(22(29)14-18)37-20-11-12-30-24(15-20)32-25(34)16-3-4-16/h1-2,5-16H,3-4H2,(H,31,35)(H,30,32,34). The molecule has 2 aromatic heterocycles. The summed E-state index contributed by atoms with van der Waals surface area (Å²) in [5.74, 6) is -1.59. The van der Waals surface area contributed by atoms with Crippen LogP contribution in [0.25, 0.3) is 5.69 Å². The number of benzene rings is 2. The van der Waals surface area contributed by atoms with Crippen LogP contribution in [0.5, 0.6) is 11.5 Å². The highest BCUT2D eigenvalue weighted by atomic mass is 19.1. The number of pyridine rings is 2. The summed E-state index contributed by atoms with van der Waals surface area (Å²) in [6, 6.07) is 14.9. The Morgan fingerprint density at radius 2 is 1.76 bits per heavy atom. The van der Waals surface area contributed by atoms with Crippen LogP contribution in [0.4, 0.5) is 20.3 Å². The van der Waals surface area contributed by atoms with Crippen LogP contribution < -0.4 is 20.9 Å². The molecule has 1 aliphatic carbocycles. The molecule has 0 atom stereocenters. The molecule has 8 nitrogen and oxygen atoms in total. The zero-order valence-electron chi connectivity index (χ0n) is 19.3. The minimum atomic E-state index is -0.755. The van der Waals surface area contributed by atoms with Gasteiger partial charge in [0.05, 0.1) is 0 Å². The molecule has 2 heterocycles. The first-order valence-electron chi connectivity index (χ1n) is 11.4. The summed E-state index contributed by atoms with van der Waals surface area (Å²) in [7, 11) is 0. The molecule has 5 rings (SSSR count). The quantitative estimate of drug-likeness (QED) is 0.374. The van der Waals surface area contributed by atoms with Crippen molar-refractivity contribution in [1.82, 2.24) is 9.55 Å². The number of rotatable bonds is 7. The van der Waals surface area contributed by atoms with Crippen molar-refractivity contribution in [3.05, 3.63) is 107 Å². The van der Waals surface area contributed by atoms with Crippen LogP contribution >= 0.6 is 0 Å². The van der Waals surface area contributed by atoms with Gasteiger partial charge < -0.3 is 15.4 Å². The molecule has 1 fully saturated rings. The number of carbonyl (C=O) groups is 2. The van der Waals surface area contributed by atoms with Gasteiger partial charge in [-0.2, -0.15) is 0 Å². The average molecular weight is 502 g/mol. The van der Waals surface area contributed by atoms with Gasteiger partial charge in [0.1, 0.15) is 22.9 Å². The lowest BCUT2D eigenvalue weighted by molar-refractivity contribution is -0.117. The van der Waals surface area contributed by atoms with Crippen LogP contribution in [0.2, 0.25) is 0 Å². The summed E-state index contributed by atoms with van der Waals surface area (Å²) >= 11 is 0. The normalized spacial score (nSPS) is 12.6. The number of nitrogens with one attached hydrogen (secondary N) is 2. The number of carbonyl (C=O) groups excluding carboxylic acids is 2. The van der Waals surface area contributed by atoms with E-state index in [1.165, 1.54) is 77.6 Å². The summed E-state index contributed by atoms with van der Waals surface area (Å²) in [6.45, 7) is 0. The second-order valence-electron chi connectivity index (χ2n) is 8.42. The SMILES string of the molecule is O=C(Nc1ccc(Oc2ccnc(NC(=O)C3CC3)c2)c(F)c1)c1cccn(-c2ccc(F)cc2)c1=O. The minimum absolute atomic E-state index is 0.00764. The van der Waals surface area contributed by atoms with Gasteiger partial charge in [0.15, 0.2) is 11.6 Å². The van der Waals surface area contributed by atoms with E-state index in [0.717, 1.165) is 18.9 Å². The van der Waals surface area contributed by atoms with Crippen molar-refractivity contribution in [2.75, 3.05) is 10.6 Å². The van der Waals surface area contributed by atoms with Crippen molar-refractivity contribution < 1.29 is 23.1 Å². The largest absolute Gasteiger partial charge is 0.454 e. The lowest BCUT2D eigenvalue weighted by Crippen LogP contribution is -2.27. The van der Waals surface area contributed by atoms with Crippen LogP contribution in [-0.2, 0) is 4.79 Å². The van der Waals surface area contributed by atoms with E-state index in [1.54, 1.807) is 0 Å². The number of amides is 2. The van der Waals surface area contributed by atoms with Crippen molar-refractivity contribution in [2.45, 2.75) is 12.8 Å². The summed E-state index contributed by atoms with van der Waals surface area (Å²) in [6.07, 6.45) is 4.60. The number of hydrogen-bond donors (Lipinski definition) is 2. The van der Waals surface area contributed by atoms with E-state index in [-0.39, 0.29) is 34.6 Å². The molecular weight excluding hydrogens is 482 g/mol. The summed E-state index contributed by atoms with van der Waals surface area (Å²) in [5, 5.41) is 5.20. The van der Waals surface area contributed by atoms with Crippen molar-refractivity contribution in [1.29, 1.82) is 0 Å². The molecule has 0 aliphatic heterocycles. The molecule has 37 heavy (non-hydrogen) atoms. The lowest BCUT2D eigenvalue weighted by atomic mass is 10.2. The van der Waals surface area contributed by atoms with E-state index < -0.39 is 23.1 Å². The fourth-order valence-corrected chi connectivity index (χ4v) is 3.58. The Morgan fingerprint density at radius 1 is 0.973 bits per heavy atom. The Morgan fingerprint density at radius 3 is 2.49 bits per heavy atom. The van der Waals surface area contributed by atoms with Gasteiger partial charge in [0.25, 0.3) is 11.5 Å². The second kappa shape index (κ2) is 10.0. The second-order valence-corrected chi connectivity index (χ2v) is 8.42. The van der Waals surface area contributed by atoms with Gasteiger partial charge in [0.2, 0.25) is 5.91 Å². The first kappa shape index (κ1) is 23.9. The summed E-state index contributed by atoms with van der Waals surface area (Å²) < 4.78 is 34.8. The van der Waals surface area contributed by atoms with Gasteiger partial charge in [-0.05, 0) is 67.4 Å². The third kappa shape index (κ3) is 5.53. The fraction of sp³-hybridized carbons (Fsp3) is 0.111. The first-order valence-corrected chi connectivity index (χ1v) is 11.4.